The van der Waals surface area contributed by atoms with Gasteiger partial charge < -0.3 is 23.5 Å². The van der Waals surface area contributed by atoms with E-state index in [0.29, 0.717) is 40.1 Å². The van der Waals surface area contributed by atoms with E-state index in [4.69, 9.17) is 23.5 Å². The lowest BCUT2D eigenvalue weighted by molar-refractivity contribution is -0.186. The number of hydrogen-bond donors (Lipinski definition) is 0. The molecular weight excluding hydrogens is 632 g/mol. The zero-order valence-electron chi connectivity index (χ0n) is 28.9. The largest absolute Gasteiger partial charge is 0.493 e. The summed E-state index contributed by atoms with van der Waals surface area (Å²) in [6.45, 7) is 11.7. The SMILES string of the molecule is CC(C)(C)OC(=O)C(CCn1nnc2ccccc2c1=O)(CC(=O)c1noc2cc(OCCC3CCOCC3)ccc12)C(=O)OC(C)(C)C. The van der Waals surface area contributed by atoms with Crippen LogP contribution in [0.3, 0.4) is 0 Å². The van der Waals surface area contributed by atoms with Gasteiger partial charge in [-0.2, -0.15) is 0 Å². The number of fused-ring (bicyclic) bond motifs is 2. The first-order valence-electron chi connectivity index (χ1n) is 16.6. The van der Waals surface area contributed by atoms with Gasteiger partial charge >= 0.3 is 11.9 Å². The van der Waals surface area contributed by atoms with Gasteiger partial charge in [-0.05, 0) is 97.4 Å². The molecule has 1 aliphatic heterocycles. The van der Waals surface area contributed by atoms with Gasteiger partial charge in [0.05, 0.1) is 17.4 Å². The minimum absolute atomic E-state index is 0.0667. The lowest BCUT2D eigenvalue weighted by Crippen LogP contribution is -2.49. The summed E-state index contributed by atoms with van der Waals surface area (Å²) >= 11 is 0. The fourth-order valence-corrected chi connectivity index (χ4v) is 5.68. The molecular formula is C36H44N4O9. The second kappa shape index (κ2) is 14.5. The van der Waals surface area contributed by atoms with Crippen LogP contribution in [0.15, 0.2) is 51.8 Å². The fraction of sp³-hybridized carbons (Fsp3) is 0.528. The fourth-order valence-electron chi connectivity index (χ4n) is 5.68. The van der Waals surface area contributed by atoms with Gasteiger partial charge in [-0.15, -0.1) is 5.10 Å². The maximum absolute atomic E-state index is 14.1. The highest BCUT2D eigenvalue weighted by molar-refractivity contribution is 6.11. The van der Waals surface area contributed by atoms with Gasteiger partial charge in [0.1, 0.15) is 22.5 Å². The number of Topliss-reactive ketones (excluding diaryl/α,β-unsaturated/α-hetero) is 1. The predicted molar refractivity (Wildman–Crippen MR) is 179 cm³/mol. The van der Waals surface area contributed by atoms with Crippen LogP contribution in [0.5, 0.6) is 5.75 Å². The third kappa shape index (κ3) is 8.69. The van der Waals surface area contributed by atoms with Gasteiger partial charge in [0.2, 0.25) is 0 Å². The normalized spacial score (nSPS) is 14.6. The highest BCUT2D eigenvalue weighted by Crippen LogP contribution is 2.37. The summed E-state index contributed by atoms with van der Waals surface area (Å²) in [5.74, 6) is -1.49. The molecule has 1 saturated heterocycles. The van der Waals surface area contributed by atoms with Crippen LogP contribution in [0.25, 0.3) is 21.9 Å². The Kier molecular flexibility index (Phi) is 10.5. The second-order valence-corrected chi connectivity index (χ2v) is 14.5. The Balaban J connectivity index is 1.45. The van der Waals surface area contributed by atoms with Crippen molar-refractivity contribution in [1.29, 1.82) is 0 Å². The topological polar surface area (TPSA) is 162 Å². The third-order valence-corrected chi connectivity index (χ3v) is 8.26. The van der Waals surface area contributed by atoms with Gasteiger partial charge in [0, 0.05) is 32.2 Å². The first-order valence-corrected chi connectivity index (χ1v) is 16.6. The number of ketones is 1. The third-order valence-electron chi connectivity index (χ3n) is 8.26. The van der Waals surface area contributed by atoms with Gasteiger partial charge in [-0.1, -0.05) is 22.5 Å². The van der Waals surface area contributed by atoms with Gasteiger partial charge in [-0.25, -0.2) is 4.68 Å². The summed E-state index contributed by atoms with van der Waals surface area (Å²) in [6, 6.07) is 11.7. The Labute approximate surface area is 284 Å². The molecule has 49 heavy (non-hydrogen) atoms. The van der Waals surface area contributed by atoms with Gasteiger partial charge in [0.25, 0.3) is 5.56 Å². The molecule has 0 amide bonds. The number of ether oxygens (including phenoxy) is 4. The number of esters is 2. The Bertz CT molecular complexity index is 1850. The van der Waals surface area contributed by atoms with E-state index in [1.54, 1.807) is 84.0 Å². The van der Waals surface area contributed by atoms with E-state index in [2.05, 4.69) is 15.5 Å². The Hall–Kier alpha value is -4.65. The van der Waals surface area contributed by atoms with Crippen molar-refractivity contribution in [2.45, 2.75) is 91.4 Å². The Morgan fingerprint density at radius 2 is 1.59 bits per heavy atom. The average Bonchev–Trinajstić information content (AvgIpc) is 3.46. The number of nitrogens with zero attached hydrogens (tertiary/aromatic N) is 4. The quantitative estimate of drug-likeness (QED) is 0.106. The van der Waals surface area contributed by atoms with Crippen molar-refractivity contribution < 1.29 is 37.9 Å². The molecule has 0 aliphatic carbocycles. The molecule has 1 fully saturated rings. The summed E-state index contributed by atoms with van der Waals surface area (Å²) in [4.78, 5) is 55.6. The van der Waals surface area contributed by atoms with Crippen LogP contribution in [-0.2, 0) is 30.3 Å². The molecule has 0 radical (unpaired) electrons. The number of rotatable bonds is 12. The van der Waals surface area contributed by atoms with Crippen molar-refractivity contribution in [1.82, 2.24) is 20.2 Å². The average molecular weight is 677 g/mol. The molecule has 2 aromatic heterocycles. The minimum Gasteiger partial charge on any atom is -0.493 e. The zero-order valence-corrected chi connectivity index (χ0v) is 28.9. The van der Waals surface area contributed by atoms with E-state index in [1.165, 1.54) is 0 Å². The minimum atomic E-state index is -2.18. The van der Waals surface area contributed by atoms with Crippen molar-refractivity contribution in [3.8, 4) is 5.75 Å². The van der Waals surface area contributed by atoms with Crippen molar-refractivity contribution in [3.05, 3.63) is 58.5 Å². The van der Waals surface area contributed by atoms with Gasteiger partial charge in [0.15, 0.2) is 22.5 Å². The van der Waals surface area contributed by atoms with Crippen LogP contribution in [0.2, 0.25) is 0 Å². The van der Waals surface area contributed by atoms with Crippen LogP contribution in [0, 0.1) is 11.3 Å². The number of carbonyl (C=O) groups is 3. The molecule has 0 bridgehead atoms. The number of aromatic nitrogens is 4. The monoisotopic (exact) mass is 676 g/mol. The lowest BCUT2D eigenvalue weighted by atomic mass is 9.78. The molecule has 13 heteroatoms. The maximum atomic E-state index is 14.1. The molecule has 5 rings (SSSR count). The van der Waals surface area contributed by atoms with Crippen LogP contribution < -0.4 is 10.3 Å². The molecule has 0 N–H and O–H groups in total. The van der Waals surface area contributed by atoms with E-state index >= 15 is 0 Å². The number of benzene rings is 2. The summed E-state index contributed by atoms with van der Waals surface area (Å²) < 4.78 is 29.5. The van der Waals surface area contributed by atoms with Crippen molar-refractivity contribution >= 4 is 39.6 Å². The van der Waals surface area contributed by atoms with Crippen LogP contribution in [0.1, 0.15) is 84.1 Å². The van der Waals surface area contributed by atoms with Crippen LogP contribution in [0.4, 0.5) is 0 Å². The van der Waals surface area contributed by atoms with Crippen LogP contribution in [-0.4, -0.2) is 68.9 Å². The van der Waals surface area contributed by atoms with Crippen molar-refractivity contribution in [2.24, 2.45) is 11.3 Å². The maximum Gasteiger partial charge on any atom is 0.324 e. The van der Waals surface area contributed by atoms with E-state index in [1.807, 2.05) is 0 Å². The molecule has 0 atom stereocenters. The van der Waals surface area contributed by atoms with E-state index in [0.717, 1.165) is 37.2 Å². The molecule has 262 valence electrons. The van der Waals surface area contributed by atoms with Crippen LogP contribution >= 0.6 is 0 Å². The molecule has 0 unspecified atom stereocenters. The molecule has 3 heterocycles. The first kappa shape index (κ1) is 35.7. The van der Waals surface area contributed by atoms with E-state index in [9.17, 15) is 19.2 Å². The number of aryl methyl sites for hydroxylation is 1. The molecule has 1 aliphatic rings. The molecule has 2 aromatic carbocycles. The molecule has 13 nitrogen and oxygen atoms in total. The van der Waals surface area contributed by atoms with Crippen molar-refractivity contribution in [3.63, 3.8) is 0 Å². The first-order chi connectivity index (χ1) is 23.1. The summed E-state index contributed by atoms with van der Waals surface area (Å²) in [7, 11) is 0. The molecule has 0 spiro atoms. The Morgan fingerprint density at radius 3 is 2.27 bits per heavy atom. The highest BCUT2D eigenvalue weighted by Gasteiger charge is 2.53. The van der Waals surface area contributed by atoms with E-state index in [-0.39, 0.29) is 18.7 Å². The number of carbonyl (C=O) groups excluding carboxylic acids is 3. The number of hydrogen-bond acceptors (Lipinski definition) is 12. The summed E-state index contributed by atoms with van der Waals surface area (Å²) in [5, 5.41) is 12.9. The van der Waals surface area contributed by atoms with Crippen molar-refractivity contribution in [2.75, 3.05) is 19.8 Å². The summed E-state index contributed by atoms with van der Waals surface area (Å²) in [6.07, 6.45) is 1.90. The van der Waals surface area contributed by atoms with E-state index < -0.39 is 46.3 Å². The second-order valence-electron chi connectivity index (χ2n) is 14.5. The summed E-state index contributed by atoms with van der Waals surface area (Å²) in [5.41, 5.74) is -4.04. The molecule has 4 aromatic rings. The standard InChI is InChI=1S/C36H44N4O9/c1-34(2,3)47-32(43)36(33(44)48-35(4,5)6,16-17-40-31(42)25-9-7-8-10-27(25)37-39-40)22-28(41)30-26-12-11-24(21-29(26)49-38-30)46-20-15-23-13-18-45-19-14-23/h7-12,21,23H,13-20,22H2,1-6H3. The zero-order chi connectivity index (χ0) is 35.4. The van der Waals surface area contributed by atoms with Gasteiger partial charge in [-0.3, -0.25) is 19.2 Å². The molecule has 0 saturated carbocycles. The Morgan fingerprint density at radius 1 is 0.918 bits per heavy atom. The lowest BCUT2D eigenvalue weighted by Gasteiger charge is -2.34. The predicted octanol–water partition coefficient (Wildman–Crippen LogP) is 5.46. The smallest absolute Gasteiger partial charge is 0.324 e. The highest BCUT2D eigenvalue weighted by atomic mass is 16.6.